The van der Waals surface area contributed by atoms with E-state index >= 15 is 0 Å². The molecule has 154 valence electrons. The monoisotopic (exact) mass is 427 g/mol. The highest BCUT2D eigenvalue weighted by molar-refractivity contribution is 7.90. The predicted molar refractivity (Wildman–Crippen MR) is 98.9 cm³/mol. The van der Waals surface area contributed by atoms with Crippen LogP contribution < -0.4 is 4.74 Å². The van der Waals surface area contributed by atoms with Crippen LogP contribution in [0, 0.1) is 6.92 Å². The van der Waals surface area contributed by atoms with Crippen LogP contribution in [-0.4, -0.2) is 30.3 Å². The van der Waals surface area contributed by atoms with Crippen molar-refractivity contribution in [3.63, 3.8) is 0 Å². The van der Waals surface area contributed by atoms with Crippen molar-refractivity contribution >= 4 is 26.7 Å². The number of ether oxygens (including phenoxy) is 1. The molecule has 10 heteroatoms. The number of benzene rings is 2. The van der Waals surface area contributed by atoms with E-state index in [0.29, 0.717) is 5.69 Å². The van der Waals surface area contributed by atoms with E-state index in [2.05, 4.69) is 0 Å². The number of aromatic nitrogens is 1. The SMILES string of the molecule is Cc1c(Oc2ccc(S(C)(=O)=O)cc2)c2cc(C(F)(F)F)ccc2n1CC(=O)O. The molecule has 0 aliphatic rings. The molecule has 0 aliphatic carbocycles. The van der Waals surface area contributed by atoms with E-state index in [1.165, 1.54) is 41.8 Å². The molecule has 0 saturated carbocycles. The predicted octanol–water partition coefficient (Wildman–Crippen LogP) is 4.25. The van der Waals surface area contributed by atoms with Gasteiger partial charge >= 0.3 is 12.1 Å². The maximum absolute atomic E-state index is 13.1. The molecule has 3 rings (SSSR count). The zero-order chi connectivity index (χ0) is 21.6. The van der Waals surface area contributed by atoms with Crippen molar-refractivity contribution in [2.45, 2.75) is 24.5 Å². The molecule has 0 bridgehead atoms. The highest BCUT2D eigenvalue weighted by atomic mass is 32.2. The quantitative estimate of drug-likeness (QED) is 0.658. The highest BCUT2D eigenvalue weighted by Crippen LogP contribution is 2.39. The maximum Gasteiger partial charge on any atom is 0.416 e. The topological polar surface area (TPSA) is 85.6 Å². The summed E-state index contributed by atoms with van der Waals surface area (Å²) >= 11 is 0. The number of sulfone groups is 1. The fourth-order valence-electron chi connectivity index (χ4n) is 2.97. The average Bonchev–Trinajstić information content (AvgIpc) is 2.85. The number of carboxylic acid groups (broad SMARTS) is 1. The Kier molecular flexibility index (Phi) is 5.08. The van der Waals surface area contributed by atoms with Crippen LogP contribution in [0.3, 0.4) is 0 Å². The lowest BCUT2D eigenvalue weighted by Crippen LogP contribution is -2.10. The molecular weight excluding hydrogens is 411 g/mol. The zero-order valence-electron chi connectivity index (χ0n) is 15.3. The summed E-state index contributed by atoms with van der Waals surface area (Å²) in [5, 5.41) is 9.24. The van der Waals surface area contributed by atoms with E-state index in [1.54, 1.807) is 0 Å². The zero-order valence-corrected chi connectivity index (χ0v) is 16.1. The number of rotatable bonds is 5. The third-order valence-corrected chi connectivity index (χ3v) is 5.49. The molecule has 0 atom stereocenters. The van der Waals surface area contributed by atoms with Gasteiger partial charge in [-0.1, -0.05) is 0 Å². The molecule has 29 heavy (non-hydrogen) atoms. The summed E-state index contributed by atoms with van der Waals surface area (Å²) in [7, 11) is -3.42. The molecule has 2 aromatic carbocycles. The van der Waals surface area contributed by atoms with Gasteiger partial charge < -0.3 is 14.4 Å². The standard InChI is InChI=1S/C19H16F3NO5S/c1-11-18(28-13-4-6-14(7-5-13)29(2,26)27)15-9-12(19(20,21)22)3-8-16(15)23(11)10-17(24)25/h3-9H,10H2,1-2H3,(H,24,25). The van der Waals surface area contributed by atoms with E-state index in [9.17, 15) is 26.4 Å². The van der Waals surface area contributed by atoms with E-state index < -0.39 is 34.1 Å². The molecule has 0 fully saturated rings. The van der Waals surface area contributed by atoms with E-state index in [-0.39, 0.29) is 27.3 Å². The van der Waals surface area contributed by atoms with Gasteiger partial charge in [0.05, 0.1) is 21.7 Å². The van der Waals surface area contributed by atoms with Crippen molar-refractivity contribution in [3.8, 4) is 11.5 Å². The van der Waals surface area contributed by atoms with Crippen LogP contribution in [0.15, 0.2) is 47.4 Å². The third-order valence-electron chi connectivity index (χ3n) is 4.36. The number of aliphatic carboxylic acids is 1. The van der Waals surface area contributed by atoms with Crippen LogP contribution in [0.25, 0.3) is 10.9 Å². The molecule has 0 radical (unpaired) electrons. The van der Waals surface area contributed by atoms with Crippen molar-refractivity contribution < 1.29 is 36.2 Å². The molecule has 1 N–H and O–H groups in total. The van der Waals surface area contributed by atoms with Gasteiger partial charge in [-0.2, -0.15) is 13.2 Å². The van der Waals surface area contributed by atoms with E-state index in [0.717, 1.165) is 18.4 Å². The van der Waals surface area contributed by atoms with Crippen molar-refractivity contribution in [3.05, 3.63) is 53.7 Å². The Morgan fingerprint density at radius 1 is 1.14 bits per heavy atom. The highest BCUT2D eigenvalue weighted by Gasteiger charge is 2.31. The summed E-state index contributed by atoms with van der Waals surface area (Å²) in [5.74, 6) is -0.888. The fraction of sp³-hybridized carbons (Fsp3) is 0.211. The van der Waals surface area contributed by atoms with Gasteiger partial charge in [-0.3, -0.25) is 4.79 Å². The van der Waals surface area contributed by atoms with Gasteiger partial charge in [-0.25, -0.2) is 8.42 Å². The smallest absolute Gasteiger partial charge is 0.416 e. The van der Waals surface area contributed by atoms with Crippen LogP contribution in [0.1, 0.15) is 11.3 Å². The first-order valence-corrected chi connectivity index (χ1v) is 10.2. The largest absolute Gasteiger partial charge is 0.480 e. The number of fused-ring (bicyclic) bond motifs is 1. The van der Waals surface area contributed by atoms with Gasteiger partial charge in [0.15, 0.2) is 15.6 Å². The second kappa shape index (κ2) is 7.11. The molecule has 0 unspecified atom stereocenters. The average molecular weight is 427 g/mol. The van der Waals surface area contributed by atoms with Crippen molar-refractivity contribution in [2.24, 2.45) is 0 Å². The molecule has 1 heterocycles. The first-order valence-electron chi connectivity index (χ1n) is 8.28. The lowest BCUT2D eigenvalue weighted by atomic mass is 10.1. The molecule has 0 amide bonds. The van der Waals surface area contributed by atoms with E-state index in [4.69, 9.17) is 9.84 Å². The fourth-order valence-corrected chi connectivity index (χ4v) is 3.60. The lowest BCUT2D eigenvalue weighted by Gasteiger charge is -2.09. The van der Waals surface area contributed by atoms with Crippen LogP contribution in [-0.2, 0) is 27.4 Å². The summed E-state index contributed by atoms with van der Waals surface area (Å²) in [4.78, 5) is 11.3. The van der Waals surface area contributed by atoms with Crippen molar-refractivity contribution in [2.75, 3.05) is 6.26 Å². The summed E-state index contributed by atoms with van der Waals surface area (Å²) < 4.78 is 69.7. The molecule has 1 aromatic heterocycles. The van der Waals surface area contributed by atoms with Crippen LogP contribution in [0.5, 0.6) is 11.5 Å². The van der Waals surface area contributed by atoms with Crippen molar-refractivity contribution in [1.29, 1.82) is 0 Å². The van der Waals surface area contributed by atoms with Gasteiger partial charge in [0.2, 0.25) is 0 Å². The molecule has 0 saturated heterocycles. The maximum atomic E-state index is 13.1. The number of hydrogen-bond acceptors (Lipinski definition) is 4. The Balaban J connectivity index is 2.14. The van der Waals surface area contributed by atoms with Gasteiger partial charge in [0.1, 0.15) is 12.3 Å². The molecule has 0 spiro atoms. The minimum Gasteiger partial charge on any atom is -0.480 e. The van der Waals surface area contributed by atoms with Gasteiger partial charge in [-0.15, -0.1) is 0 Å². The normalized spacial score (nSPS) is 12.3. The number of alkyl halides is 3. The molecule has 3 aromatic rings. The summed E-state index contributed by atoms with van der Waals surface area (Å²) in [5.41, 5.74) is -0.288. The first-order chi connectivity index (χ1) is 13.4. The number of carbonyl (C=O) groups is 1. The number of hydrogen-bond donors (Lipinski definition) is 1. The number of nitrogens with zero attached hydrogens (tertiary/aromatic N) is 1. The number of carboxylic acids is 1. The molecular formula is C19H16F3NO5S. The lowest BCUT2D eigenvalue weighted by molar-refractivity contribution is -0.138. The van der Waals surface area contributed by atoms with Crippen LogP contribution >= 0.6 is 0 Å². The number of halogens is 3. The Labute approximate surface area is 164 Å². The van der Waals surface area contributed by atoms with Crippen molar-refractivity contribution in [1.82, 2.24) is 4.57 Å². The summed E-state index contributed by atoms with van der Waals surface area (Å²) in [6, 6.07) is 8.38. The second-order valence-corrected chi connectivity index (χ2v) is 8.49. The van der Waals surface area contributed by atoms with Gasteiger partial charge in [0.25, 0.3) is 0 Å². The molecule has 6 nitrogen and oxygen atoms in total. The van der Waals surface area contributed by atoms with Crippen LogP contribution in [0.4, 0.5) is 13.2 Å². The minimum absolute atomic E-state index is 0.0641. The van der Waals surface area contributed by atoms with Crippen LogP contribution in [0.2, 0.25) is 0 Å². The molecule has 0 aliphatic heterocycles. The third kappa shape index (κ3) is 4.21. The Morgan fingerprint density at radius 3 is 2.28 bits per heavy atom. The minimum atomic E-state index is -4.58. The van der Waals surface area contributed by atoms with E-state index in [1.807, 2.05) is 0 Å². The van der Waals surface area contributed by atoms with Gasteiger partial charge in [-0.05, 0) is 49.4 Å². The summed E-state index contributed by atoms with van der Waals surface area (Å²) in [6.07, 6.45) is -3.53. The first kappa shape index (κ1) is 20.7. The Morgan fingerprint density at radius 2 is 1.76 bits per heavy atom. The second-order valence-electron chi connectivity index (χ2n) is 6.47. The summed E-state index contributed by atoms with van der Waals surface area (Å²) in [6.45, 7) is 1.08. The van der Waals surface area contributed by atoms with Gasteiger partial charge in [0, 0.05) is 11.6 Å². The Bertz CT molecular complexity index is 1200. The Hall–Kier alpha value is -3.01.